The van der Waals surface area contributed by atoms with Crippen LogP contribution in [0.3, 0.4) is 0 Å². The molecule has 0 atom stereocenters. The van der Waals surface area contributed by atoms with Gasteiger partial charge in [-0.15, -0.1) is 0 Å². The summed E-state index contributed by atoms with van der Waals surface area (Å²) in [6.45, 7) is 3.51. The number of amides is 1. The fourth-order valence-electron chi connectivity index (χ4n) is 3.15. The van der Waals surface area contributed by atoms with Gasteiger partial charge in [-0.05, 0) is 40.6 Å². The van der Waals surface area contributed by atoms with Crippen molar-refractivity contribution >= 4 is 51.5 Å². The van der Waals surface area contributed by atoms with Gasteiger partial charge in [-0.25, -0.2) is 4.63 Å². The lowest BCUT2D eigenvalue weighted by molar-refractivity contribution is -0.117. The summed E-state index contributed by atoms with van der Waals surface area (Å²) in [6.07, 6.45) is 0. The Morgan fingerprint density at radius 3 is 2.67 bits per heavy atom. The average Bonchev–Trinajstić information content (AvgIpc) is 3.14. The van der Waals surface area contributed by atoms with Gasteiger partial charge < -0.3 is 10.2 Å². The molecule has 0 saturated carbocycles. The number of carbonyl (C=O) groups excluding carboxylic acids is 1. The number of rotatable bonds is 4. The van der Waals surface area contributed by atoms with Gasteiger partial charge in [-0.2, -0.15) is 0 Å². The highest BCUT2D eigenvalue weighted by atomic mass is 35.5. The molecule has 2 aromatic carbocycles. The number of aromatic nitrogens is 2. The van der Waals surface area contributed by atoms with Gasteiger partial charge in [0.25, 0.3) is 0 Å². The van der Waals surface area contributed by atoms with E-state index in [0.717, 1.165) is 31.9 Å². The van der Waals surface area contributed by atoms with E-state index in [0.29, 0.717) is 33.3 Å². The first kappa shape index (κ1) is 18.0. The van der Waals surface area contributed by atoms with Crippen LogP contribution in [0.4, 0.5) is 11.4 Å². The van der Waals surface area contributed by atoms with E-state index in [-0.39, 0.29) is 5.91 Å². The number of benzene rings is 2. The zero-order valence-electron chi connectivity index (χ0n) is 14.4. The van der Waals surface area contributed by atoms with Crippen LogP contribution in [-0.4, -0.2) is 53.8 Å². The van der Waals surface area contributed by atoms with Crippen LogP contribution in [0.1, 0.15) is 0 Å². The number of fused-ring (bicyclic) bond motifs is 1. The second-order valence-corrected chi connectivity index (χ2v) is 7.16. The number of hydrogen-bond donors (Lipinski definition) is 1. The minimum Gasteiger partial charge on any atom is -0.369 e. The second-order valence-electron chi connectivity index (χ2n) is 6.35. The summed E-state index contributed by atoms with van der Waals surface area (Å²) in [5.41, 5.74) is 2.81. The number of carbonyl (C=O) groups is 1. The fraction of sp³-hybridized carbons (Fsp3) is 0.278. The third kappa shape index (κ3) is 4.00. The van der Waals surface area contributed by atoms with Crippen molar-refractivity contribution < 1.29 is 9.42 Å². The molecule has 3 aromatic rings. The fourth-order valence-corrected chi connectivity index (χ4v) is 3.44. The van der Waals surface area contributed by atoms with Crippen molar-refractivity contribution in [3.63, 3.8) is 0 Å². The molecule has 0 radical (unpaired) electrons. The molecule has 0 aliphatic carbocycles. The Morgan fingerprint density at radius 2 is 1.89 bits per heavy atom. The molecule has 1 amide bonds. The number of halogens is 2. The summed E-state index contributed by atoms with van der Waals surface area (Å²) in [7, 11) is 0. The van der Waals surface area contributed by atoms with Gasteiger partial charge in [0.15, 0.2) is 5.52 Å². The van der Waals surface area contributed by atoms with Gasteiger partial charge in [0.1, 0.15) is 5.52 Å². The Morgan fingerprint density at radius 1 is 1.07 bits per heavy atom. The van der Waals surface area contributed by atoms with Gasteiger partial charge in [-0.1, -0.05) is 29.3 Å². The van der Waals surface area contributed by atoms with Crippen LogP contribution >= 0.6 is 23.2 Å². The smallest absolute Gasteiger partial charge is 0.238 e. The maximum absolute atomic E-state index is 12.4. The maximum atomic E-state index is 12.4. The first-order valence-corrected chi connectivity index (χ1v) is 9.29. The van der Waals surface area contributed by atoms with Gasteiger partial charge in [0.2, 0.25) is 5.91 Å². The Kier molecular flexibility index (Phi) is 5.15. The molecule has 7 nitrogen and oxygen atoms in total. The lowest BCUT2D eigenvalue weighted by atomic mass is 10.2. The summed E-state index contributed by atoms with van der Waals surface area (Å²) in [5.74, 6) is -0.0894. The summed E-state index contributed by atoms with van der Waals surface area (Å²) in [5, 5.41) is 11.6. The minimum absolute atomic E-state index is 0.0894. The van der Waals surface area contributed by atoms with Crippen LogP contribution in [0, 0.1) is 0 Å². The Balaban J connectivity index is 1.33. The molecule has 1 aliphatic heterocycles. The third-order valence-electron chi connectivity index (χ3n) is 4.57. The second kappa shape index (κ2) is 7.72. The van der Waals surface area contributed by atoms with E-state index >= 15 is 0 Å². The predicted octanol–water partition coefficient (Wildman–Crippen LogP) is 3.29. The van der Waals surface area contributed by atoms with Crippen molar-refractivity contribution in [2.24, 2.45) is 0 Å². The van der Waals surface area contributed by atoms with Crippen LogP contribution in [0.2, 0.25) is 10.0 Å². The van der Waals surface area contributed by atoms with Gasteiger partial charge in [0.05, 0.1) is 22.3 Å². The molecule has 4 rings (SSSR count). The average molecular weight is 406 g/mol. The summed E-state index contributed by atoms with van der Waals surface area (Å²) in [4.78, 5) is 16.8. The summed E-state index contributed by atoms with van der Waals surface area (Å²) >= 11 is 12.1. The molecular formula is C18H17Cl2N5O2. The maximum Gasteiger partial charge on any atom is 0.238 e. The highest BCUT2D eigenvalue weighted by Crippen LogP contribution is 2.27. The van der Waals surface area contributed by atoms with E-state index in [4.69, 9.17) is 27.8 Å². The Labute approximate surface area is 165 Å². The summed E-state index contributed by atoms with van der Waals surface area (Å²) in [6, 6.07) is 11.0. The summed E-state index contributed by atoms with van der Waals surface area (Å²) < 4.78 is 4.72. The molecule has 140 valence electrons. The van der Waals surface area contributed by atoms with Crippen molar-refractivity contribution in [3.8, 4) is 0 Å². The molecule has 1 aromatic heterocycles. The molecule has 2 heterocycles. The van der Waals surface area contributed by atoms with Crippen LogP contribution in [-0.2, 0) is 4.79 Å². The molecule has 0 spiro atoms. The van der Waals surface area contributed by atoms with Crippen molar-refractivity contribution in [1.29, 1.82) is 0 Å². The lowest BCUT2D eigenvalue weighted by Crippen LogP contribution is -2.48. The van der Waals surface area contributed by atoms with E-state index < -0.39 is 0 Å². The van der Waals surface area contributed by atoms with Crippen molar-refractivity contribution in [1.82, 2.24) is 15.2 Å². The molecule has 0 unspecified atom stereocenters. The molecule has 1 fully saturated rings. The number of nitrogens with zero attached hydrogens (tertiary/aromatic N) is 4. The van der Waals surface area contributed by atoms with Crippen LogP contribution in [0.25, 0.3) is 11.0 Å². The first-order valence-electron chi connectivity index (χ1n) is 8.53. The molecule has 9 heteroatoms. The number of piperazine rings is 1. The molecular weight excluding hydrogens is 389 g/mol. The topological polar surface area (TPSA) is 74.5 Å². The lowest BCUT2D eigenvalue weighted by Gasteiger charge is -2.35. The van der Waals surface area contributed by atoms with Crippen molar-refractivity contribution in [2.75, 3.05) is 42.9 Å². The van der Waals surface area contributed by atoms with Crippen LogP contribution in [0.15, 0.2) is 41.0 Å². The SMILES string of the molecule is O=C(CN1CCN(c2ccc(Cl)c(Cl)c2)CC1)Nc1cccc2nonc12. The Bertz CT molecular complexity index is 969. The van der Waals surface area contributed by atoms with Crippen LogP contribution in [0.5, 0.6) is 0 Å². The zero-order chi connectivity index (χ0) is 18.8. The van der Waals surface area contributed by atoms with E-state index in [2.05, 4.69) is 25.4 Å². The monoisotopic (exact) mass is 405 g/mol. The third-order valence-corrected chi connectivity index (χ3v) is 5.31. The van der Waals surface area contributed by atoms with E-state index in [1.54, 1.807) is 24.3 Å². The first-order chi connectivity index (χ1) is 13.1. The standard InChI is InChI=1S/C18H17Cl2N5O2/c19-13-5-4-12(10-14(13)20)25-8-6-24(7-9-25)11-17(26)21-15-2-1-3-16-18(15)23-27-22-16/h1-5,10H,6-9,11H2,(H,21,26). The van der Waals surface area contributed by atoms with Crippen molar-refractivity contribution in [2.45, 2.75) is 0 Å². The normalized spacial score (nSPS) is 15.3. The highest BCUT2D eigenvalue weighted by molar-refractivity contribution is 6.42. The van der Waals surface area contributed by atoms with Crippen molar-refractivity contribution in [3.05, 3.63) is 46.4 Å². The molecule has 27 heavy (non-hydrogen) atoms. The minimum atomic E-state index is -0.0894. The molecule has 1 N–H and O–H groups in total. The molecule has 1 aliphatic rings. The number of nitrogens with one attached hydrogen (secondary N) is 1. The quantitative estimate of drug-likeness (QED) is 0.717. The highest BCUT2D eigenvalue weighted by Gasteiger charge is 2.20. The predicted molar refractivity (Wildman–Crippen MR) is 106 cm³/mol. The van der Waals surface area contributed by atoms with E-state index in [9.17, 15) is 4.79 Å². The zero-order valence-corrected chi connectivity index (χ0v) is 15.9. The van der Waals surface area contributed by atoms with Gasteiger partial charge >= 0.3 is 0 Å². The Hall–Kier alpha value is -2.35. The number of hydrogen-bond acceptors (Lipinski definition) is 6. The molecule has 1 saturated heterocycles. The molecule has 0 bridgehead atoms. The number of anilines is 2. The van der Waals surface area contributed by atoms with Gasteiger partial charge in [0, 0.05) is 31.9 Å². The van der Waals surface area contributed by atoms with Gasteiger partial charge in [-0.3, -0.25) is 9.69 Å². The van der Waals surface area contributed by atoms with Crippen LogP contribution < -0.4 is 10.2 Å². The largest absolute Gasteiger partial charge is 0.369 e. The van der Waals surface area contributed by atoms with E-state index in [1.165, 1.54) is 0 Å². The van der Waals surface area contributed by atoms with E-state index in [1.807, 2.05) is 12.1 Å².